The molecule has 1 atom stereocenters. The molecule has 0 aromatic heterocycles. The van der Waals surface area contributed by atoms with E-state index in [0.717, 1.165) is 19.5 Å². The molecule has 0 amide bonds. The first-order valence-corrected chi connectivity index (χ1v) is 6.27. The van der Waals surface area contributed by atoms with E-state index in [1.54, 1.807) is 0 Å². The van der Waals surface area contributed by atoms with E-state index in [1.807, 2.05) is 0 Å². The summed E-state index contributed by atoms with van der Waals surface area (Å²) in [5.41, 5.74) is 0.204. The summed E-state index contributed by atoms with van der Waals surface area (Å²) in [6, 6.07) is 0. The number of hydrogen-bond acceptors (Lipinski definition) is 3. The fourth-order valence-electron chi connectivity index (χ4n) is 2.45. The van der Waals surface area contributed by atoms with Crippen LogP contribution in [0.2, 0.25) is 0 Å². The van der Waals surface area contributed by atoms with Gasteiger partial charge in [-0.3, -0.25) is 0 Å². The molecule has 0 aromatic rings. The van der Waals surface area contributed by atoms with Gasteiger partial charge in [0, 0.05) is 12.1 Å². The third-order valence-electron chi connectivity index (χ3n) is 3.51. The van der Waals surface area contributed by atoms with Gasteiger partial charge in [-0.1, -0.05) is 6.92 Å². The second-order valence-electron chi connectivity index (χ2n) is 4.84. The molecule has 1 heterocycles. The van der Waals surface area contributed by atoms with Gasteiger partial charge in [-0.05, 0) is 58.8 Å². The van der Waals surface area contributed by atoms with Gasteiger partial charge >= 0.3 is 0 Å². The van der Waals surface area contributed by atoms with Crippen molar-refractivity contribution < 1.29 is 5.11 Å². The minimum absolute atomic E-state index is 0.204. The van der Waals surface area contributed by atoms with Crippen LogP contribution in [0.25, 0.3) is 0 Å². The molecule has 0 radical (unpaired) electrons. The van der Waals surface area contributed by atoms with Crippen molar-refractivity contribution in [3.05, 3.63) is 0 Å². The van der Waals surface area contributed by atoms with Gasteiger partial charge in [0.25, 0.3) is 0 Å². The van der Waals surface area contributed by atoms with Crippen molar-refractivity contribution in [3.8, 4) is 0 Å². The Bertz CT molecular complexity index is 171. The van der Waals surface area contributed by atoms with Crippen LogP contribution in [0.3, 0.4) is 0 Å². The van der Waals surface area contributed by atoms with Crippen LogP contribution < -0.4 is 5.32 Å². The molecule has 3 nitrogen and oxygen atoms in total. The molecule has 0 aromatic carbocycles. The Balaban J connectivity index is 2.53. The van der Waals surface area contributed by atoms with Crippen molar-refractivity contribution in [2.45, 2.75) is 44.6 Å². The summed E-state index contributed by atoms with van der Waals surface area (Å²) in [5.74, 6) is 0. The van der Waals surface area contributed by atoms with E-state index < -0.39 is 0 Å². The molecular formula is C12H26N2O. The number of nitrogens with zero attached hydrogens (tertiary/aromatic N) is 1. The first-order chi connectivity index (χ1) is 7.22. The summed E-state index contributed by atoms with van der Waals surface area (Å²) in [6.45, 7) is 5.92. The van der Waals surface area contributed by atoms with Crippen molar-refractivity contribution in [1.82, 2.24) is 10.2 Å². The summed E-state index contributed by atoms with van der Waals surface area (Å²) in [6.07, 6.45) is 5.69. The number of likely N-dealkylation sites (tertiary alicyclic amines) is 1. The van der Waals surface area contributed by atoms with Crippen molar-refractivity contribution in [2.75, 3.05) is 33.3 Å². The molecule has 1 rings (SSSR count). The Morgan fingerprint density at radius 1 is 1.33 bits per heavy atom. The molecule has 90 valence electrons. The zero-order chi connectivity index (χ0) is 11.1. The average molecular weight is 214 g/mol. The molecule has 0 saturated carbocycles. The van der Waals surface area contributed by atoms with Crippen LogP contribution in [-0.4, -0.2) is 48.8 Å². The lowest BCUT2D eigenvalue weighted by molar-refractivity contribution is 0.190. The predicted octanol–water partition coefficient (Wildman–Crippen LogP) is 1.22. The van der Waals surface area contributed by atoms with Gasteiger partial charge in [0.1, 0.15) is 0 Å². The van der Waals surface area contributed by atoms with Crippen LogP contribution in [0.4, 0.5) is 0 Å². The van der Waals surface area contributed by atoms with Gasteiger partial charge in [0.15, 0.2) is 0 Å². The van der Waals surface area contributed by atoms with E-state index >= 15 is 0 Å². The predicted molar refractivity (Wildman–Crippen MR) is 64.1 cm³/mol. The maximum Gasteiger partial charge on any atom is 0.0448 e. The van der Waals surface area contributed by atoms with Crippen molar-refractivity contribution in [3.63, 3.8) is 0 Å². The highest BCUT2D eigenvalue weighted by Crippen LogP contribution is 2.25. The third-order valence-corrected chi connectivity index (χ3v) is 3.51. The number of hydrogen-bond donors (Lipinski definition) is 2. The first-order valence-electron chi connectivity index (χ1n) is 6.27. The van der Waals surface area contributed by atoms with Crippen molar-refractivity contribution in [1.29, 1.82) is 0 Å². The van der Waals surface area contributed by atoms with E-state index in [1.165, 1.54) is 32.2 Å². The highest BCUT2D eigenvalue weighted by molar-refractivity contribution is 4.90. The Morgan fingerprint density at radius 3 is 2.80 bits per heavy atom. The maximum atomic E-state index is 9.19. The smallest absolute Gasteiger partial charge is 0.0448 e. The second kappa shape index (κ2) is 6.46. The van der Waals surface area contributed by atoms with Crippen molar-refractivity contribution >= 4 is 0 Å². The Kier molecular flexibility index (Phi) is 5.58. The summed E-state index contributed by atoms with van der Waals surface area (Å²) >= 11 is 0. The molecule has 0 aliphatic carbocycles. The fraction of sp³-hybridized carbons (Fsp3) is 1.00. The van der Waals surface area contributed by atoms with Crippen LogP contribution >= 0.6 is 0 Å². The van der Waals surface area contributed by atoms with Gasteiger partial charge in [-0.25, -0.2) is 0 Å². The van der Waals surface area contributed by atoms with E-state index in [9.17, 15) is 5.11 Å². The molecule has 1 aliphatic heterocycles. The zero-order valence-corrected chi connectivity index (χ0v) is 10.3. The van der Waals surface area contributed by atoms with Gasteiger partial charge in [0.05, 0.1) is 0 Å². The van der Waals surface area contributed by atoms with Gasteiger partial charge in [0.2, 0.25) is 0 Å². The van der Waals surface area contributed by atoms with Gasteiger partial charge in [-0.2, -0.15) is 0 Å². The summed E-state index contributed by atoms with van der Waals surface area (Å²) in [4.78, 5) is 2.40. The Labute approximate surface area is 93.9 Å². The third kappa shape index (κ3) is 4.09. The van der Waals surface area contributed by atoms with Crippen LogP contribution in [0.5, 0.6) is 0 Å². The minimum atomic E-state index is 0.204. The average Bonchev–Trinajstić information content (AvgIpc) is 2.40. The lowest BCUT2D eigenvalue weighted by atomic mass is 9.87. The monoisotopic (exact) mass is 214 g/mol. The SMILES string of the molecule is CCCNC1(CCO)CCCN(C)CC1. The highest BCUT2D eigenvalue weighted by Gasteiger charge is 2.30. The molecule has 15 heavy (non-hydrogen) atoms. The maximum absolute atomic E-state index is 9.19. The van der Waals surface area contributed by atoms with E-state index in [0.29, 0.717) is 6.61 Å². The largest absolute Gasteiger partial charge is 0.396 e. The standard InChI is InChI=1S/C12H26N2O/c1-3-8-13-12(7-11-15)5-4-9-14(2)10-6-12/h13,15H,3-11H2,1-2H3. The Hall–Kier alpha value is -0.120. The summed E-state index contributed by atoms with van der Waals surface area (Å²) in [5, 5.41) is 12.8. The molecule has 1 unspecified atom stereocenters. The van der Waals surface area contributed by atoms with Crippen molar-refractivity contribution in [2.24, 2.45) is 0 Å². The quantitative estimate of drug-likeness (QED) is 0.722. The minimum Gasteiger partial charge on any atom is -0.396 e. The molecule has 1 fully saturated rings. The topological polar surface area (TPSA) is 35.5 Å². The van der Waals surface area contributed by atoms with E-state index in [2.05, 4.69) is 24.2 Å². The van der Waals surface area contributed by atoms with Gasteiger partial charge in [-0.15, -0.1) is 0 Å². The molecule has 1 saturated heterocycles. The normalized spacial score (nSPS) is 29.0. The number of aliphatic hydroxyl groups excluding tert-OH is 1. The molecular weight excluding hydrogens is 188 g/mol. The van der Waals surface area contributed by atoms with Gasteiger partial charge < -0.3 is 15.3 Å². The lowest BCUT2D eigenvalue weighted by Gasteiger charge is -2.33. The van der Waals surface area contributed by atoms with E-state index in [-0.39, 0.29) is 5.54 Å². The number of aliphatic hydroxyl groups is 1. The van der Waals surface area contributed by atoms with Crippen LogP contribution in [0.15, 0.2) is 0 Å². The summed E-state index contributed by atoms with van der Waals surface area (Å²) < 4.78 is 0. The number of rotatable bonds is 5. The zero-order valence-electron chi connectivity index (χ0n) is 10.3. The van der Waals surface area contributed by atoms with E-state index in [4.69, 9.17) is 0 Å². The highest BCUT2D eigenvalue weighted by atomic mass is 16.3. The second-order valence-corrected chi connectivity index (χ2v) is 4.84. The Morgan fingerprint density at radius 2 is 2.13 bits per heavy atom. The molecule has 3 heteroatoms. The molecule has 1 aliphatic rings. The number of nitrogens with one attached hydrogen (secondary N) is 1. The first kappa shape index (κ1) is 12.9. The fourth-order valence-corrected chi connectivity index (χ4v) is 2.45. The van der Waals surface area contributed by atoms with Crippen LogP contribution in [-0.2, 0) is 0 Å². The molecule has 0 bridgehead atoms. The summed E-state index contributed by atoms with van der Waals surface area (Å²) in [7, 11) is 2.19. The lowest BCUT2D eigenvalue weighted by Crippen LogP contribution is -2.47. The molecule has 2 N–H and O–H groups in total. The molecule has 0 spiro atoms. The van der Waals surface area contributed by atoms with Crippen LogP contribution in [0, 0.1) is 0 Å². The van der Waals surface area contributed by atoms with Crippen LogP contribution in [0.1, 0.15) is 39.0 Å².